The fourth-order valence-corrected chi connectivity index (χ4v) is 4.86. The lowest BCUT2D eigenvalue weighted by Gasteiger charge is -2.43. The fourth-order valence-electron chi connectivity index (χ4n) is 4.86. The quantitative estimate of drug-likeness (QED) is 0.430. The summed E-state index contributed by atoms with van der Waals surface area (Å²) in [5.41, 5.74) is 7.88. The van der Waals surface area contributed by atoms with Gasteiger partial charge in [-0.2, -0.15) is 0 Å². The van der Waals surface area contributed by atoms with Gasteiger partial charge in [0.15, 0.2) is 0 Å². The molecule has 3 nitrogen and oxygen atoms in total. The standard InChI is InChI=1S/C31H32O3/c1-20-6-11-22(12-7-20)25-18-24(19-26-28(25)31(4,5)17-16-30(26,2)3)27(32)15-10-21-8-13-23(14-9-21)29(33)34/h6-9,11-14,18-19,27,32H,16-17H2,1-5H3,(H,33,34). The van der Waals surface area contributed by atoms with E-state index in [2.05, 4.69) is 82.9 Å². The van der Waals surface area contributed by atoms with E-state index in [0.29, 0.717) is 5.56 Å². The van der Waals surface area contributed by atoms with Gasteiger partial charge in [0.05, 0.1) is 5.56 Å². The van der Waals surface area contributed by atoms with Crippen molar-refractivity contribution in [3.8, 4) is 23.0 Å². The van der Waals surface area contributed by atoms with Gasteiger partial charge >= 0.3 is 5.97 Å². The van der Waals surface area contributed by atoms with Crippen LogP contribution >= 0.6 is 0 Å². The Morgan fingerprint density at radius 3 is 2.15 bits per heavy atom. The predicted octanol–water partition coefficient (Wildman–Crippen LogP) is 6.79. The molecule has 4 rings (SSSR count). The van der Waals surface area contributed by atoms with Crippen molar-refractivity contribution in [3.63, 3.8) is 0 Å². The number of fused-ring (bicyclic) bond motifs is 1. The zero-order chi connectivity index (χ0) is 24.7. The van der Waals surface area contributed by atoms with Gasteiger partial charge in [-0.05, 0) is 88.7 Å². The van der Waals surface area contributed by atoms with Gasteiger partial charge in [-0.3, -0.25) is 0 Å². The molecule has 1 aliphatic rings. The first-order valence-electron chi connectivity index (χ1n) is 11.8. The smallest absolute Gasteiger partial charge is 0.335 e. The van der Waals surface area contributed by atoms with Crippen molar-refractivity contribution >= 4 is 5.97 Å². The predicted molar refractivity (Wildman–Crippen MR) is 137 cm³/mol. The Kier molecular flexibility index (Phi) is 6.14. The second-order valence-corrected chi connectivity index (χ2v) is 10.7. The van der Waals surface area contributed by atoms with E-state index in [1.165, 1.54) is 28.8 Å². The van der Waals surface area contributed by atoms with Crippen LogP contribution in [0.1, 0.15) is 84.8 Å². The Labute approximate surface area is 202 Å². The van der Waals surface area contributed by atoms with Crippen LogP contribution in [0.2, 0.25) is 0 Å². The van der Waals surface area contributed by atoms with E-state index in [9.17, 15) is 9.90 Å². The molecule has 0 radical (unpaired) electrons. The molecule has 0 saturated heterocycles. The summed E-state index contributed by atoms with van der Waals surface area (Å²) in [7, 11) is 0. The molecule has 0 fully saturated rings. The molecule has 0 heterocycles. The van der Waals surface area contributed by atoms with E-state index < -0.39 is 12.1 Å². The minimum atomic E-state index is -0.970. The van der Waals surface area contributed by atoms with Gasteiger partial charge in [0, 0.05) is 5.56 Å². The maximum Gasteiger partial charge on any atom is 0.335 e. The van der Waals surface area contributed by atoms with Crippen molar-refractivity contribution in [2.75, 3.05) is 0 Å². The van der Waals surface area contributed by atoms with Gasteiger partial charge in [-0.15, -0.1) is 0 Å². The zero-order valence-corrected chi connectivity index (χ0v) is 20.6. The summed E-state index contributed by atoms with van der Waals surface area (Å²) in [6, 6.07) is 19.2. The van der Waals surface area contributed by atoms with Crippen molar-refractivity contribution in [2.24, 2.45) is 0 Å². The molecular weight excluding hydrogens is 420 g/mol. The largest absolute Gasteiger partial charge is 0.478 e. The zero-order valence-electron chi connectivity index (χ0n) is 20.6. The van der Waals surface area contributed by atoms with Crippen LogP contribution in [0.15, 0.2) is 60.7 Å². The molecule has 3 aromatic carbocycles. The normalized spacial score (nSPS) is 16.6. The summed E-state index contributed by atoms with van der Waals surface area (Å²) >= 11 is 0. The SMILES string of the molecule is Cc1ccc(-c2cc(C(O)C#Cc3ccc(C(=O)O)cc3)cc3c2C(C)(C)CCC3(C)C)cc1. The average molecular weight is 453 g/mol. The molecule has 0 aliphatic heterocycles. The summed E-state index contributed by atoms with van der Waals surface area (Å²) in [5.74, 6) is 4.99. The van der Waals surface area contributed by atoms with Crippen LogP contribution < -0.4 is 0 Å². The fraction of sp³-hybridized carbons (Fsp3) is 0.323. The number of rotatable bonds is 3. The van der Waals surface area contributed by atoms with E-state index >= 15 is 0 Å². The number of carboxylic acids is 1. The van der Waals surface area contributed by atoms with Crippen LogP contribution in [0.5, 0.6) is 0 Å². The van der Waals surface area contributed by atoms with Crippen LogP contribution in [0.4, 0.5) is 0 Å². The molecule has 0 aromatic heterocycles. The van der Waals surface area contributed by atoms with Crippen molar-refractivity contribution in [3.05, 3.63) is 94.0 Å². The Morgan fingerprint density at radius 2 is 1.53 bits per heavy atom. The second-order valence-electron chi connectivity index (χ2n) is 10.7. The highest BCUT2D eigenvalue weighted by Gasteiger charge is 2.39. The maximum absolute atomic E-state index is 11.1. The monoisotopic (exact) mass is 452 g/mol. The van der Waals surface area contributed by atoms with E-state index in [1.54, 1.807) is 12.1 Å². The average Bonchev–Trinajstić information content (AvgIpc) is 2.80. The van der Waals surface area contributed by atoms with E-state index in [4.69, 9.17) is 5.11 Å². The molecule has 1 unspecified atom stereocenters. The number of carbonyl (C=O) groups is 1. The van der Waals surface area contributed by atoms with Crippen molar-refractivity contribution in [2.45, 2.75) is 64.4 Å². The third kappa shape index (κ3) is 4.65. The van der Waals surface area contributed by atoms with Crippen LogP contribution in [-0.4, -0.2) is 16.2 Å². The molecule has 3 aromatic rings. The number of aryl methyl sites for hydroxylation is 1. The molecular formula is C31H32O3. The highest BCUT2D eigenvalue weighted by atomic mass is 16.4. The maximum atomic E-state index is 11.1. The third-order valence-corrected chi connectivity index (χ3v) is 7.10. The summed E-state index contributed by atoms with van der Waals surface area (Å²) in [6.07, 6.45) is 1.25. The van der Waals surface area contributed by atoms with Gasteiger partial charge < -0.3 is 10.2 Å². The number of aliphatic hydroxyl groups is 1. The second kappa shape index (κ2) is 8.78. The van der Waals surface area contributed by atoms with Crippen LogP contribution in [0, 0.1) is 18.8 Å². The first-order valence-corrected chi connectivity index (χ1v) is 11.8. The minimum Gasteiger partial charge on any atom is -0.478 e. The molecule has 1 atom stereocenters. The lowest BCUT2D eigenvalue weighted by molar-refractivity contribution is 0.0697. The Bertz CT molecular complexity index is 1280. The van der Waals surface area contributed by atoms with Gasteiger partial charge in [-0.1, -0.05) is 75.4 Å². The molecule has 0 amide bonds. The lowest BCUT2D eigenvalue weighted by atomic mass is 9.61. The molecule has 3 heteroatoms. The van der Waals surface area contributed by atoms with E-state index in [0.717, 1.165) is 29.5 Å². The molecule has 0 spiro atoms. The number of carboxylic acid groups (broad SMARTS) is 1. The highest BCUT2D eigenvalue weighted by molar-refractivity contribution is 5.87. The highest BCUT2D eigenvalue weighted by Crippen LogP contribution is 2.50. The lowest BCUT2D eigenvalue weighted by Crippen LogP contribution is -2.34. The number of hydrogen-bond acceptors (Lipinski definition) is 2. The van der Waals surface area contributed by atoms with Crippen LogP contribution in [0.25, 0.3) is 11.1 Å². The molecule has 34 heavy (non-hydrogen) atoms. The van der Waals surface area contributed by atoms with Crippen molar-refractivity contribution in [1.82, 2.24) is 0 Å². The summed E-state index contributed by atoms with van der Waals surface area (Å²) in [5, 5.41) is 20.2. The van der Waals surface area contributed by atoms with Crippen LogP contribution in [-0.2, 0) is 10.8 Å². The first-order chi connectivity index (χ1) is 16.0. The third-order valence-electron chi connectivity index (χ3n) is 7.10. The number of benzene rings is 3. The summed E-state index contributed by atoms with van der Waals surface area (Å²) < 4.78 is 0. The van der Waals surface area contributed by atoms with Crippen molar-refractivity contribution < 1.29 is 15.0 Å². The van der Waals surface area contributed by atoms with E-state index in [1.807, 2.05) is 0 Å². The van der Waals surface area contributed by atoms with Crippen LogP contribution in [0.3, 0.4) is 0 Å². The Morgan fingerprint density at radius 1 is 0.912 bits per heavy atom. The van der Waals surface area contributed by atoms with Gasteiger partial charge in [0.25, 0.3) is 0 Å². The van der Waals surface area contributed by atoms with E-state index in [-0.39, 0.29) is 16.4 Å². The first kappa shape index (κ1) is 23.8. The minimum absolute atomic E-state index is 0.000121. The van der Waals surface area contributed by atoms with Gasteiger partial charge in [-0.25, -0.2) is 4.79 Å². The van der Waals surface area contributed by atoms with Gasteiger partial charge in [0.2, 0.25) is 0 Å². The molecule has 0 bridgehead atoms. The molecule has 2 N–H and O–H groups in total. The number of aromatic carboxylic acids is 1. The summed E-state index contributed by atoms with van der Waals surface area (Å²) in [4.78, 5) is 11.1. The molecule has 174 valence electrons. The number of aliphatic hydroxyl groups excluding tert-OH is 1. The Hall–Kier alpha value is -3.35. The number of hydrogen-bond donors (Lipinski definition) is 2. The topological polar surface area (TPSA) is 57.5 Å². The summed E-state index contributed by atoms with van der Waals surface area (Å²) in [6.45, 7) is 11.3. The van der Waals surface area contributed by atoms with Crippen molar-refractivity contribution in [1.29, 1.82) is 0 Å². The van der Waals surface area contributed by atoms with Gasteiger partial charge in [0.1, 0.15) is 6.10 Å². The molecule has 0 saturated carbocycles. The Balaban J connectivity index is 1.82. The molecule has 1 aliphatic carbocycles.